The van der Waals surface area contributed by atoms with Gasteiger partial charge in [-0.2, -0.15) is 0 Å². The summed E-state index contributed by atoms with van der Waals surface area (Å²) in [6, 6.07) is 15.8. The molecule has 4 rings (SSSR count). The summed E-state index contributed by atoms with van der Waals surface area (Å²) in [5, 5.41) is 3.56. The molecule has 9 heteroatoms. The minimum Gasteiger partial charge on any atom is -0.497 e. The Morgan fingerprint density at radius 1 is 1.08 bits per heavy atom. The molecular weight excluding hydrogens is 560 g/mol. The Hall–Kier alpha value is -3.85. The Balaban J connectivity index is 1.93. The predicted octanol–water partition coefficient (Wildman–Crippen LogP) is 6.79. The molecule has 1 atom stereocenters. The van der Waals surface area contributed by atoms with E-state index in [9.17, 15) is 9.59 Å². The lowest BCUT2D eigenvalue weighted by molar-refractivity contribution is 0.189. The maximum absolute atomic E-state index is 14.0. The predicted molar refractivity (Wildman–Crippen MR) is 158 cm³/mol. The van der Waals surface area contributed by atoms with Gasteiger partial charge in [0.05, 0.1) is 41.3 Å². The Labute approximate surface area is 236 Å². The van der Waals surface area contributed by atoms with Crippen molar-refractivity contribution in [2.24, 2.45) is 0 Å². The maximum atomic E-state index is 14.0. The van der Waals surface area contributed by atoms with Crippen molar-refractivity contribution in [1.29, 1.82) is 0 Å². The molecule has 0 radical (unpaired) electrons. The zero-order chi connectivity index (χ0) is 28.3. The fourth-order valence-electron chi connectivity index (χ4n) is 4.69. The van der Waals surface area contributed by atoms with E-state index in [2.05, 4.69) is 21.2 Å². The fraction of sp³-hybridized carbons (Fsp3) is 0.300. The molecule has 0 saturated heterocycles. The number of hydrogen-bond acceptors (Lipinski definition) is 5. The molecule has 0 aliphatic heterocycles. The van der Waals surface area contributed by atoms with Crippen LogP contribution in [0.5, 0.6) is 11.5 Å². The molecule has 0 fully saturated rings. The number of nitrogens with zero attached hydrogens (tertiary/aromatic N) is 3. The van der Waals surface area contributed by atoms with Crippen LogP contribution < -0.4 is 20.3 Å². The molecule has 8 nitrogen and oxygen atoms in total. The van der Waals surface area contributed by atoms with Gasteiger partial charge < -0.3 is 19.7 Å². The first kappa shape index (κ1) is 28.2. The van der Waals surface area contributed by atoms with E-state index in [0.717, 1.165) is 23.2 Å². The molecule has 1 heterocycles. The topological polar surface area (TPSA) is 85.7 Å². The first-order chi connectivity index (χ1) is 18.7. The Morgan fingerprint density at radius 2 is 1.77 bits per heavy atom. The van der Waals surface area contributed by atoms with Gasteiger partial charge in [-0.25, -0.2) is 9.78 Å². The highest BCUT2D eigenvalue weighted by Crippen LogP contribution is 2.37. The standard InChI is InChI=1S/C30H33BrN4O4/c1-7-15-34(30(37)33-27-18(2)11-10-12-19(27)3)20(4)28-32-23-14-9-8-13-22(23)29(36)35(28)24-16-21(38-5)17-25(39-6)26(24)31/h8-14,16-17,20H,7,15H2,1-6H3,(H,33,37). The van der Waals surface area contributed by atoms with Gasteiger partial charge in [0.25, 0.3) is 5.56 Å². The number of carbonyl (C=O) groups excluding carboxylic acids is 1. The monoisotopic (exact) mass is 592 g/mol. The lowest BCUT2D eigenvalue weighted by Crippen LogP contribution is -2.40. The van der Waals surface area contributed by atoms with Crippen molar-refractivity contribution in [2.45, 2.75) is 40.2 Å². The minimum absolute atomic E-state index is 0.259. The molecule has 3 aromatic carbocycles. The molecular formula is C30H33BrN4O4. The number of aryl methyl sites for hydroxylation is 2. The number of nitrogens with one attached hydrogen (secondary N) is 1. The summed E-state index contributed by atoms with van der Waals surface area (Å²) in [6.45, 7) is 8.29. The highest BCUT2D eigenvalue weighted by molar-refractivity contribution is 9.10. The van der Waals surface area contributed by atoms with Crippen LogP contribution in [0, 0.1) is 13.8 Å². The lowest BCUT2D eigenvalue weighted by atomic mass is 10.1. The zero-order valence-electron chi connectivity index (χ0n) is 23.0. The van der Waals surface area contributed by atoms with Gasteiger partial charge in [0.2, 0.25) is 0 Å². The van der Waals surface area contributed by atoms with Crippen LogP contribution in [-0.4, -0.2) is 41.2 Å². The van der Waals surface area contributed by atoms with E-state index in [1.807, 2.05) is 52.0 Å². The number of carbonyl (C=O) groups is 1. The number of urea groups is 1. The zero-order valence-corrected chi connectivity index (χ0v) is 24.6. The number of aromatic nitrogens is 2. The number of hydrogen-bond donors (Lipinski definition) is 1. The molecule has 0 spiro atoms. The highest BCUT2D eigenvalue weighted by atomic mass is 79.9. The summed E-state index contributed by atoms with van der Waals surface area (Å²) in [5.41, 5.74) is 3.52. The first-order valence-corrected chi connectivity index (χ1v) is 13.6. The van der Waals surface area contributed by atoms with Gasteiger partial charge >= 0.3 is 6.03 Å². The van der Waals surface area contributed by atoms with E-state index in [0.29, 0.717) is 44.9 Å². The molecule has 0 aliphatic rings. The molecule has 1 aromatic heterocycles. The average Bonchev–Trinajstić information content (AvgIpc) is 2.93. The summed E-state index contributed by atoms with van der Waals surface area (Å²) in [6.07, 6.45) is 0.721. The van der Waals surface area contributed by atoms with Crippen molar-refractivity contribution in [2.75, 3.05) is 26.1 Å². The second kappa shape index (κ2) is 11.9. The largest absolute Gasteiger partial charge is 0.497 e. The van der Waals surface area contributed by atoms with Gasteiger partial charge in [0.1, 0.15) is 17.3 Å². The van der Waals surface area contributed by atoms with Crippen LogP contribution in [0.15, 0.2) is 63.9 Å². The highest BCUT2D eigenvalue weighted by Gasteiger charge is 2.28. The van der Waals surface area contributed by atoms with Gasteiger partial charge in [0, 0.05) is 24.4 Å². The first-order valence-electron chi connectivity index (χ1n) is 12.8. The third-order valence-electron chi connectivity index (χ3n) is 6.77. The molecule has 1 N–H and O–H groups in total. The Bertz CT molecular complexity index is 1560. The van der Waals surface area contributed by atoms with Crippen molar-refractivity contribution in [3.63, 3.8) is 0 Å². The van der Waals surface area contributed by atoms with Crippen LogP contribution in [0.1, 0.15) is 43.3 Å². The molecule has 1 unspecified atom stereocenters. The summed E-state index contributed by atoms with van der Waals surface area (Å²) in [5.74, 6) is 1.43. The Morgan fingerprint density at radius 3 is 2.41 bits per heavy atom. The van der Waals surface area contributed by atoms with Crippen LogP contribution in [0.3, 0.4) is 0 Å². The summed E-state index contributed by atoms with van der Waals surface area (Å²) in [7, 11) is 3.10. The van der Waals surface area contributed by atoms with Crippen LogP contribution in [0.25, 0.3) is 16.6 Å². The molecule has 0 saturated carbocycles. The summed E-state index contributed by atoms with van der Waals surface area (Å²) >= 11 is 3.62. The normalized spacial score (nSPS) is 11.8. The maximum Gasteiger partial charge on any atom is 0.322 e. The second-order valence-corrected chi connectivity index (χ2v) is 10.1. The van der Waals surface area contributed by atoms with Crippen molar-refractivity contribution >= 4 is 38.6 Å². The van der Waals surface area contributed by atoms with Crippen molar-refractivity contribution < 1.29 is 14.3 Å². The number of ether oxygens (including phenoxy) is 2. The van der Waals surface area contributed by atoms with E-state index in [1.54, 1.807) is 49.5 Å². The third-order valence-corrected chi connectivity index (χ3v) is 7.57. The van der Waals surface area contributed by atoms with Gasteiger partial charge in [0.15, 0.2) is 0 Å². The number of anilines is 1. The van der Waals surface area contributed by atoms with Crippen molar-refractivity contribution in [3.8, 4) is 17.2 Å². The van der Waals surface area contributed by atoms with Gasteiger partial charge in [-0.15, -0.1) is 0 Å². The number of halogens is 1. The van der Waals surface area contributed by atoms with Gasteiger partial charge in [-0.1, -0.05) is 37.3 Å². The quantitative estimate of drug-likeness (QED) is 0.243. The van der Waals surface area contributed by atoms with Crippen LogP contribution in [0.4, 0.5) is 10.5 Å². The van der Waals surface area contributed by atoms with Gasteiger partial charge in [-0.05, 0) is 66.4 Å². The van der Waals surface area contributed by atoms with Crippen LogP contribution in [0.2, 0.25) is 0 Å². The molecule has 0 aliphatic carbocycles. The molecule has 0 bridgehead atoms. The Kier molecular flexibility index (Phi) is 8.60. The third kappa shape index (κ3) is 5.49. The number of methoxy groups -OCH3 is 2. The number of amides is 2. The van der Waals surface area contributed by atoms with Crippen LogP contribution >= 0.6 is 15.9 Å². The average molecular weight is 594 g/mol. The smallest absolute Gasteiger partial charge is 0.322 e. The molecule has 2 amide bonds. The van der Waals surface area contributed by atoms with E-state index >= 15 is 0 Å². The van der Waals surface area contributed by atoms with E-state index in [1.165, 1.54) is 4.57 Å². The number of rotatable bonds is 8. The summed E-state index contributed by atoms with van der Waals surface area (Å²) in [4.78, 5) is 34.4. The number of para-hydroxylation sites is 2. The lowest BCUT2D eigenvalue weighted by Gasteiger charge is -2.31. The molecule has 204 valence electrons. The second-order valence-electron chi connectivity index (χ2n) is 9.36. The summed E-state index contributed by atoms with van der Waals surface area (Å²) < 4.78 is 13.2. The van der Waals surface area contributed by atoms with Gasteiger partial charge in [-0.3, -0.25) is 9.36 Å². The molecule has 4 aromatic rings. The SMILES string of the molecule is CCCN(C(=O)Nc1c(C)cccc1C)C(C)c1nc2ccccc2c(=O)n1-c1cc(OC)cc(OC)c1Br. The van der Waals surface area contributed by atoms with Crippen LogP contribution in [-0.2, 0) is 0 Å². The van der Waals surface area contributed by atoms with E-state index < -0.39 is 6.04 Å². The van der Waals surface area contributed by atoms with E-state index in [4.69, 9.17) is 14.5 Å². The fourth-order valence-corrected chi connectivity index (χ4v) is 5.26. The van der Waals surface area contributed by atoms with Crippen molar-refractivity contribution in [1.82, 2.24) is 14.5 Å². The number of fused-ring (bicyclic) bond motifs is 1. The van der Waals surface area contributed by atoms with Crippen molar-refractivity contribution in [3.05, 3.63) is 86.4 Å². The van der Waals surface area contributed by atoms with E-state index in [-0.39, 0.29) is 11.6 Å². The molecule has 39 heavy (non-hydrogen) atoms. The number of benzene rings is 3. The minimum atomic E-state index is -0.560.